The average Bonchev–Trinajstić information content (AvgIpc) is 2.39. The number of nitrogens with two attached hydrogens (primary N) is 1. The molecule has 0 spiro atoms. The molecule has 100 valence electrons. The quantitative estimate of drug-likeness (QED) is 0.861. The van der Waals surface area contributed by atoms with Gasteiger partial charge in [-0.05, 0) is 57.0 Å². The molecule has 0 amide bonds. The Balaban J connectivity index is 2.12. The molecule has 1 aliphatic heterocycles. The van der Waals surface area contributed by atoms with Crippen LogP contribution in [0, 0.1) is 0 Å². The maximum absolute atomic E-state index is 9.59. The highest BCUT2D eigenvalue weighted by Gasteiger charge is 2.26. The van der Waals surface area contributed by atoms with Crippen LogP contribution in [0.25, 0.3) is 0 Å². The molecule has 2 unspecified atom stereocenters. The van der Waals surface area contributed by atoms with Crippen LogP contribution in [0.1, 0.15) is 44.2 Å². The van der Waals surface area contributed by atoms with Crippen molar-refractivity contribution in [2.75, 3.05) is 13.1 Å². The molecule has 1 aromatic rings. The Bertz CT molecular complexity index is 379. The highest BCUT2D eigenvalue weighted by Crippen LogP contribution is 2.30. The van der Waals surface area contributed by atoms with Crippen LogP contribution < -0.4 is 5.73 Å². The Kier molecular flexibility index (Phi) is 4.61. The lowest BCUT2D eigenvalue weighted by atomic mass is 9.95. The number of phenolic OH excluding ortho intramolecular Hbond substituents is 1. The van der Waals surface area contributed by atoms with Crippen molar-refractivity contribution in [2.45, 2.75) is 44.7 Å². The molecule has 1 saturated heterocycles. The van der Waals surface area contributed by atoms with E-state index in [0.29, 0.717) is 17.8 Å². The van der Waals surface area contributed by atoms with Gasteiger partial charge in [0, 0.05) is 12.1 Å². The number of rotatable bonds is 4. The van der Waals surface area contributed by atoms with Gasteiger partial charge in [0.25, 0.3) is 0 Å². The predicted octanol–water partition coefficient (Wildman–Crippen LogP) is 2.66. The number of hydrogen-bond acceptors (Lipinski definition) is 3. The van der Waals surface area contributed by atoms with Crippen molar-refractivity contribution >= 4 is 0 Å². The minimum atomic E-state index is 0.353. The lowest BCUT2D eigenvalue weighted by Gasteiger charge is -2.40. The van der Waals surface area contributed by atoms with Gasteiger partial charge in [-0.15, -0.1) is 0 Å². The molecule has 0 bridgehead atoms. The first-order chi connectivity index (χ1) is 8.72. The summed E-state index contributed by atoms with van der Waals surface area (Å²) in [5.41, 5.74) is 6.91. The van der Waals surface area contributed by atoms with Gasteiger partial charge in [0.1, 0.15) is 5.75 Å². The molecule has 0 aromatic heterocycles. The van der Waals surface area contributed by atoms with Crippen molar-refractivity contribution in [2.24, 2.45) is 5.73 Å². The lowest BCUT2D eigenvalue weighted by Crippen LogP contribution is -2.42. The molecule has 3 nitrogen and oxygen atoms in total. The van der Waals surface area contributed by atoms with Crippen molar-refractivity contribution < 1.29 is 5.11 Å². The van der Waals surface area contributed by atoms with Gasteiger partial charge in [0.05, 0.1) is 0 Å². The minimum Gasteiger partial charge on any atom is -0.508 e. The first-order valence-electron chi connectivity index (χ1n) is 6.97. The van der Waals surface area contributed by atoms with Gasteiger partial charge in [-0.3, -0.25) is 4.90 Å². The fourth-order valence-electron chi connectivity index (χ4n) is 3.01. The van der Waals surface area contributed by atoms with Crippen molar-refractivity contribution in [1.29, 1.82) is 0 Å². The molecule has 1 aliphatic rings. The number of piperidine rings is 1. The van der Waals surface area contributed by atoms with E-state index in [1.54, 1.807) is 6.07 Å². The fraction of sp³-hybridized carbons (Fsp3) is 0.600. The van der Waals surface area contributed by atoms with Crippen molar-refractivity contribution in [3.8, 4) is 5.75 Å². The van der Waals surface area contributed by atoms with E-state index in [4.69, 9.17) is 5.73 Å². The maximum Gasteiger partial charge on any atom is 0.115 e. The van der Waals surface area contributed by atoms with Gasteiger partial charge < -0.3 is 10.8 Å². The van der Waals surface area contributed by atoms with Gasteiger partial charge in [-0.25, -0.2) is 0 Å². The molecule has 0 aliphatic carbocycles. The molecule has 2 rings (SSSR count). The molecule has 3 heteroatoms. The smallest absolute Gasteiger partial charge is 0.115 e. The summed E-state index contributed by atoms with van der Waals surface area (Å²) < 4.78 is 0. The average molecular weight is 248 g/mol. The Labute approximate surface area is 110 Å². The molecule has 1 fully saturated rings. The molecule has 3 N–H and O–H groups in total. The van der Waals surface area contributed by atoms with Gasteiger partial charge in [-0.2, -0.15) is 0 Å². The summed E-state index contributed by atoms with van der Waals surface area (Å²) in [6, 6.07) is 8.57. The van der Waals surface area contributed by atoms with Crippen molar-refractivity contribution in [3.05, 3.63) is 29.8 Å². The second-order valence-electron chi connectivity index (χ2n) is 5.24. The third-order valence-corrected chi connectivity index (χ3v) is 4.02. The van der Waals surface area contributed by atoms with E-state index >= 15 is 0 Å². The van der Waals surface area contributed by atoms with Crippen LogP contribution in [-0.4, -0.2) is 29.1 Å². The van der Waals surface area contributed by atoms with Crippen LogP contribution >= 0.6 is 0 Å². The Morgan fingerprint density at radius 1 is 1.44 bits per heavy atom. The summed E-state index contributed by atoms with van der Waals surface area (Å²) in [6.07, 6.45) is 4.90. The monoisotopic (exact) mass is 248 g/mol. The minimum absolute atomic E-state index is 0.353. The molecule has 0 saturated carbocycles. The fourth-order valence-corrected chi connectivity index (χ4v) is 3.01. The zero-order valence-corrected chi connectivity index (χ0v) is 11.2. The largest absolute Gasteiger partial charge is 0.508 e. The molecule has 18 heavy (non-hydrogen) atoms. The maximum atomic E-state index is 9.59. The zero-order chi connectivity index (χ0) is 13.0. The standard InChI is InChI=1S/C15H24N2O/c1-12(13-5-4-7-15(18)11-13)17-10-3-2-6-14(17)8-9-16/h4-5,7,11-12,14,18H,2-3,6,8-10,16H2,1H3. The van der Waals surface area contributed by atoms with E-state index in [-0.39, 0.29) is 0 Å². The Hall–Kier alpha value is -1.06. The van der Waals surface area contributed by atoms with E-state index in [1.165, 1.54) is 24.8 Å². The highest BCUT2D eigenvalue weighted by atomic mass is 16.3. The summed E-state index contributed by atoms with van der Waals surface area (Å²) in [4.78, 5) is 2.55. The summed E-state index contributed by atoms with van der Waals surface area (Å²) in [7, 11) is 0. The highest BCUT2D eigenvalue weighted by molar-refractivity contribution is 5.29. The first kappa shape index (κ1) is 13.4. The number of aromatic hydroxyl groups is 1. The number of likely N-dealkylation sites (tertiary alicyclic amines) is 1. The van der Waals surface area contributed by atoms with Crippen LogP contribution in [-0.2, 0) is 0 Å². The molecule has 2 atom stereocenters. The van der Waals surface area contributed by atoms with E-state index in [0.717, 1.165) is 19.5 Å². The van der Waals surface area contributed by atoms with Crippen LogP contribution in [0.15, 0.2) is 24.3 Å². The zero-order valence-electron chi connectivity index (χ0n) is 11.2. The topological polar surface area (TPSA) is 49.5 Å². The summed E-state index contributed by atoms with van der Waals surface area (Å²) >= 11 is 0. The van der Waals surface area contributed by atoms with Crippen LogP contribution in [0.4, 0.5) is 0 Å². The molecule has 1 heterocycles. The normalized spacial score (nSPS) is 22.9. The van der Waals surface area contributed by atoms with Gasteiger partial charge in [0.15, 0.2) is 0 Å². The van der Waals surface area contributed by atoms with Crippen molar-refractivity contribution in [3.63, 3.8) is 0 Å². The Morgan fingerprint density at radius 3 is 3.00 bits per heavy atom. The van der Waals surface area contributed by atoms with Gasteiger partial charge in [0.2, 0.25) is 0 Å². The molecule has 0 radical (unpaired) electrons. The van der Waals surface area contributed by atoms with E-state index < -0.39 is 0 Å². The number of benzene rings is 1. The van der Waals surface area contributed by atoms with Gasteiger partial charge >= 0.3 is 0 Å². The number of nitrogens with zero attached hydrogens (tertiary/aromatic N) is 1. The summed E-state index contributed by atoms with van der Waals surface area (Å²) in [5, 5.41) is 9.59. The second-order valence-corrected chi connectivity index (χ2v) is 5.24. The predicted molar refractivity (Wildman–Crippen MR) is 74.5 cm³/mol. The summed E-state index contributed by atoms with van der Waals surface area (Å²) in [5.74, 6) is 0.353. The first-order valence-corrected chi connectivity index (χ1v) is 6.97. The summed E-state index contributed by atoms with van der Waals surface area (Å²) in [6.45, 7) is 4.12. The molecular formula is C15H24N2O. The number of phenols is 1. The third-order valence-electron chi connectivity index (χ3n) is 4.02. The molecule has 1 aromatic carbocycles. The van der Waals surface area contributed by atoms with Crippen LogP contribution in [0.5, 0.6) is 5.75 Å². The van der Waals surface area contributed by atoms with E-state index in [1.807, 2.05) is 12.1 Å². The second kappa shape index (κ2) is 6.21. The van der Waals surface area contributed by atoms with E-state index in [9.17, 15) is 5.11 Å². The van der Waals surface area contributed by atoms with E-state index in [2.05, 4.69) is 17.9 Å². The SMILES string of the molecule is CC(c1cccc(O)c1)N1CCCCC1CCN. The van der Waals surface area contributed by atoms with Crippen LogP contribution in [0.2, 0.25) is 0 Å². The lowest BCUT2D eigenvalue weighted by molar-refractivity contribution is 0.0983. The van der Waals surface area contributed by atoms with Gasteiger partial charge in [-0.1, -0.05) is 18.6 Å². The van der Waals surface area contributed by atoms with Crippen LogP contribution in [0.3, 0.4) is 0 Å². The van der Waals surface area contributed by atoms with Crippen molar-refractivity contribution in [1.82, 2.24) is 4.90 Å². The Morgan fingerprint density at radius 2 is 2.28 bits per heavy atom. The molecular weight excluding hydrogens is 224 g/mol. The number of hydrogen-bond donors (Lipinski definition) is 2. The third kappa shape index (κ3) is 3.03.